The average Bonchev–Trinajstić information content (AvgIpc) is 3.50. The van der Waals surface area contributed by atoms with E-state index in [1.54, 1.807) is 18.2 Å². The van der Waals surface area contributed by atoms with Crippen LogP contribution in [0.4, 0.5) is 23.2 Å². The Morgan fingerprint density at radius 1 is 1.21 bits per heavy atom. The molecule has 2 aliphatic heterocycles. The van der Waals surface area contributed by atoms with Crippen LogP contribution in [0.2, 0.25) is 0 Å². The van der Waals surface area contributed by atoms with Crippen molar-refractivity contribution in [2.24, 2.45) is 5.92 Å². The second-order valence-corrected chi connectivity index (χ2v) is 9.98. The van der Waals surface area contributed by atoms with Crippen LogP contribution >= 0.6 is 0 Å². The molecular weight excluding hydrogens is 508 g/mol. The van der Waals surface area contributed by atoms with Crippen molar-refractivity contribution in [2.45, 2.75) is 44.2 Å². The molecule has 1 aromatic carbocycles. The molecule has 0 aliphatic carbocycles. The van der Waals surface area contributed by atoms with Gasteiger partial charge in [0.15, 0.2) is 0 Å². The number of carbonyl (C=O) groups excluding carboxylic acids is 1. The summed E-state index contributed by atoms with van der Waals surface area (Å²) in [5.41, 5.74) is 0.833. The number of carbonyl (C=O) groups is 1. The maximum absolute atomic E-state index is 14.7. The molecule has 2 fully saturated rings. The summed E-state index contributed by atoms with van der Waals surface area (Å²) in [7, 11) is 1.84. The van der Waals surface area contributed by atoms with Crippen LogP contribution in [0.5, 0.6) is 0 Å². The highest BCUT2D eigenvalue weighted by Gasteiger charge is 2.32. The second kappa shape index (κ2) is 10.9. The summed E-state index contributed by atoms with van der Waals surface area (Å²) in [5, 5.41) is 10.2. The monoisotopic (exact) mass is 538 g/mol. The highest BCUT2D eigenvalue weighted by molar-refractivity contribution is 5.96. The minimum absolute atomic E-state index is 0.0407. The molecule has 2 saturated heterocycles. The summed E-state index contributed by atoms with van der Waals surface area (Å²) < 4.78 is 66.9. The Morgan fingerprint density at radius 2 is 2.00 bits per heavy atom. The number of ether oxygens (including phenoxy) is 1. The van der Waals surface area contributed by atoms with Crippen LogP contribution in [0.1, 0.15) is 29.9 Å². The average molecular weight is 539 g/mol. The summed E-state index contributed by atoms with van der Waals surface area (Å²) in [6.45, 7) is 1.36. The van der Waals surface area contributed by atoms with Gasteiger partial charge in [-0.05, 0) is 50.4 Å². The molecule has 1 amide bonds. The van der Waals surface area contributed by atoms with Crippen LogP contribution in [-0.4, -0.2) is 83.8 Å². The largest absolute Gasteiger partial charge is 0.406 e. The van der Waals surface area contributed by atoms with Gasteiger partial charge in [0.1, 0.15) is 12.7 Å². The molecule has 2 atom stereocenters. The van der Waals surface area contributed by atoms with Gasteiger partial charge in [-0.2, -0.15) is 18.2 Å². The molecular formula is C25H30F4N6O3. The fourth-order valence-corrected chi connectivity index (χ4v) is 5.05. The van der Waals surface area contributed by atoms with Gasteiger partial charge in [0, 0.05) is 43.9 Å². The molecule has 5 rings (SSSR count). The number of rotatable bonds is 7. The number of benzene rings is 1. The highest BCUT2D eigenvalue weighted by Crippen LogP contribution is 2.35. The van der Waals surface area contributed by atoms with E-state index in [0.717, 1.165) is 17.4 Å². The van der Waals surface area contributed by atoms with Gasteiger partial charge in [-0.1, -0.05) is 11.2 Å². The lowest BCUT2D eigenvalue weighted by Gasteiger charge is -2.33. The van der Waals surface area contributed by atoms with Crippen molar-refractivity contribution in [3.05, 3.63) is 30.2 Å². The maximum Gasteiger partial charge on any atom is 0.406 e. The van der Waals surface area contributed by atoms with Crippen molar-refractivity contribution in [1.82, 2.24) is 24.9 Å². The number of fused-ring (bicyclic) bond motifs is 1. The minimum Gasteiger partial charge on any atom is -0.381 e. The lowest BCUT2D eigenvalue weighted by Crippen LogP contribution is -2.46. The number of hydrogen-bond donors (Lipinski definition) is 2. The van der Waals surface area contributed by atoms with E-state index in [0.29, 0.717) is 43.8 Å². The molecule has 4 heterocycles. The number of halogens is 4. The van der Waals surface area contributed by atoms with Gasteiger partial charge >= 0.3 is 18.0 Å². The van der Waals surface area contributed by atoms with Gasteiger partial charge in [-0.25, -0.2) is 4.39 Å². The van der Waals surface area contributed by atoms with Crippen LogP contribution in [0.15, 0.2) is 28.8 Å². The van der Waals surface area contributed by atoms with Crippen molar-refractivity contribution in [3.8, 4) is 11.5 Å². The molecule has 13 heteroatoms. The predicted molar refractivity (Wildman–Crippen MR) is 132 cm³/mol. The lowest BCUT2D eigenvalue weighted by atomic mass is 10.0. The molecule has 2 aliphatic rings. The summed E-state index contributed by atoms with van der Waals surface area (Å²) in [5.74, 6) is -0.799. The van der Waals surface area contributed by atoms with Crippen molar-refractivity contribution < 1.29 is 31.6 Å². The van der Waals surface area contributed by atoms with Gasteiger partial charge in [0.05, 0.1) is 17.3 Å². The number of anilines is 1. The number of likely N-dealkylation sites (tertiary alicyclic amines) is 1. The van der Waals surface area contributed by atoms with E-state index in [1.165, 1.54) is 6.07 Å². The quantitative estimate of drug-likeness (QED) is 0.441. The zero-order valence-electron chi connectivity index (χ0n) is 20.9. The number of piperidine rings is 1. The standard InChI is InChI=1S/C25H30F4N6O3/c1-34-8-5-19(17(26)13-34)31-18-3-2-4-20-16(18)11-21(35(20)14-25(27,28)29)22-32-24(38-33-22)23(36)30-12-15-6-9-37-10-7-15/h2-4,11,15,17,19,31H,5-10,12-14H2,1H3,(H,30,36)/t17-,19+/m0/s1. The Hall–Kier alpha value is -3.19. The molecule has 206 valence electrons. The first-order chi connectivity index (χ1) is 18.2. The van der Waals surface area contributed by atoms with Gasteiger partial charge in [-0.15, -0.1) is 0 Å². The number of nitrogens with one attached hydrogen (secondary N) is 2. The molecule has 3 aromatic rings. The highest BCUT2D eigenvalue weighted by atomic mass is 19.4. The van der Waals surface area contributed by atoms with E-state index >= 15 is 0 Å². The number of hydrogen-bond acceptors (Lipinski definition) is 7. The topological polar surface area (TPSA) is 97.4 Å². The summed E-state index contributed by atoms with van der Waals surface area (Å²) >= 11 is 0. The van der Waals surface area contributed by atoms with Crippen molar-refractivity contribution >= 4 is 22.5 Å². The van der Waals surface area contributed by atoms with Crippen LogP contribution in [0.3, 0.4) is 0 Å². The van der Waals surface area contributed by atoms with Gasteiger partial charge in [0.2, 0.25) is 5.82 Å². The molecule has 38 heavy (non-hydrogen) atoms. The fourth-order valence-electron chi connectivity index (χ4n) is 5.05. The predicted octanol–water partition coefficient (Wildman–Crippen LogP) is 3.86. The zero-order chi connectivity index (χ0) is 26.9. The molecule has 0 unspecified atom stereocenters. The summed E-state index contributed by atoms with van der Waals surface area (Å²) in [6, 6.07) is 5.93. The van der Waals surface area contributed by atoms with Gasteiger partial charge < -0.3 is 29.4 Å². The van der Waals surface area contributed by atoms with Gasteiger partial charge in [-0.3, -0.25) is 4.79 Å². The smallest absolute Gasteiger partial charge is 0.381 e. The van der Waals surface area contributed by atoms with Crippen molar-refractivity contribution in [2.75, 3.05) is 45.2 Å². The number of amides is 1. The Kier molecular flexibility index (Phi) is 7.57. The third kappa shape index (κ3) is 5.93. The fraction of sp³-hybridized carbons (Fsp3) is 0.560. The van der Waals surface area contributed by atoms with Crippen LogP contribution in [0.25, 0.3) is 22.4 Å². The number of nitrogens with zero attached hydrogens (tertiary/aromatic N) is 4. The second-order valence-electron chi connectivity index (χ2n) is 9.98. The molecule has 0 spiro atoms. The lowest BCUT2D eigenvalue weighted by molar-refractivity contribution is -0.139. The van der Waals surface area contributed by atoms with Crippen molar-refractivity contribution in [3.63, 3.8) is 0 Å². The van der Waals surface area contributed by atoms with Gasteiger partial charge in [0.25, 0.3) is 0 Å². The molecule has 9 nitrogen and oxygen atoms in total. The van der Waals surface area contributed by atoms with E-state index < -0.39 is 30.8 Å². The van der Waals surface area contributed by atoms with E-state index in [1.807, 2.05) is 11.9 Å². The minimum atomic E-state index is -4.53. The van der Waals surface area contributed by atoms with E-state index in [2.05, 4.69) is 20.8 Å². The number of alkyl halides is 4. The SMILES string of the molecule is CN1CC[C@@H](Nc2cccc3c2cc(-c2noc(C(=O)NCC4CCOCC4)n2)n3CC(F)(F)F)[C@@H](F)C1. The van der Waals surface area contributed by atoms with Crippen LogP contribution in [0, 0.1) is 5.92 Å². The van der Waals surface area contributed by atoms with Crippen LogP contribution in [-0.2, 0) is 11.3 Å². The third-order valence-corrected chi connectivity index (χ3v) is 7.11. The number of aromatic nitrogens is 3. The van der Waals surface area contributed by atoms with E-state index in [9.17, 15) is 22.4 Å². The third-order valence-electron chi connectivity index (χ3n) is 7.11. The molecule has 2 N–H and O–H groups in total. The first kappa shape index (κ1) is 26.4. The molecule has 0 saturated carbocycles. The first-order valence-electron chi connectivity index (χ1n) is 12.7. The molecule has 2 aromatic heterocycles. The zero-order valence-corrected chi connectivity index (χ0v) is 20.9. The van der Waals surface area contributed by atoms with Crippen LogP contribution < -0.4 is 10.6 Å². The Balaban J connectivity index is 1.42. The van der Waals surface area contributed by atoms with E-state index in [-0.39, 0.29) is 35.4 Å². The Morgan fingerprint density at radius 3 is 2.74 bits per heavy atom. The summed E-state index contributed by atoms with van der Waals surface area (Å²) in [6.07, 6.45) is -3.45. The maximum atomic E-state index is 14.7. The van der Waals surface area contributed by atoms with Crippen molar-refractivity contribution in [1.29, 1.82) is 0 Å². The summed E-state index contributed by atoms with van der Waals surface area (Å²) in [4.78, 5) is 18.6. The Labute approximate surface area is 216 Å². The normalized spacial score (nSPS) is 21.6. The Bertz CT molecular complexity index is 1270. The van der Waals surface area contributed by atoms with E-state index in [4.69, 9.17) is 9.26 Å². The first-order valence-corrected chi connectivity index (χ1v) is 12.7. The molecule has 0 radical (unpaired) electrons. The molecule has 0 bridgehead atoms.